The predicted octanol–water partition coefficient (Wildman–Crippen LogP) is 0.346. The first kappa shape index (κ1) is 7.03. The maximum Gasteiger partial charge on any atom is 0.00794 e. The minimum Gasteiger partial charge on any atom is -0.317 e. The van der Waals surface area contributed by atoms with Gasteiger partial charge in [0.1, 0.15) is 0 Å². The van der Waals surface area contributed by atoms with Crippen LogP contribution in [0.1, 0.15) is 19.3 Å². The van der Waals surface area contributed by atoms with Gasteiger partial charge in [0.2, 0.25) is 0 Å². The van der Waals surface area contributed by atoms with E-state index in [4.69, 9.17) is 0 Å². The summed E-state index contributed by atoms with van der Waals surface area (Å²) in [6, 6.07) is 1.53. The average molecular weight is 128 g/mol. The normalized spacial score (nSPS) is 35.3. The lowest BCUT2D eigenvalue weighted by Gasteiger charge is -2.08. The standard InChI is InChI=1S/C7H16N2/c1-8-6-3-4-7(5-6)9-2/h6-9H,3-5H2,1-2H3/t6-,7+. The molecule has 1 rings (SSSR count). The molecule has 0 spiro atoms. The molecule has 1 aliphatic carbocycles. The molecule has 1 saturated carbocycles. The van der Waals surface area contributed by atoms with Crippen LogP contribution in [0.4, 0.5) is 0 Å². The molecule has 0 amide bonds. The van der Waals surface area contributed by atoms with Gasteiger partial charge in [-0.1, -0.05) is 0 Å². The lowest BCUT2D eigenvalue weighted by molar-refractivity contribution is 0.536. The molecule has 0 heterocycles. The van der Waals surface area contributed by atoms with Crippen molar-refractivity contribution in [1.82, 2.24) is 10.6 Å². The summed E-state index contributed by atoms with van der Waals surface area (Å²) in [5, 5.41) is 6.58. The summed E-state index contributed by atoms with van der Waals surface area (Å²) in [7, 11) is 4.09. The number of hydrogen-bond donors (Lipinski definition) is 2. The highest BCUT2D eigenvalue weighted by Gasteiger charge is 2.20. The molecule has 1 aliphatic rings. The van der Waals surface area contributed by atoms with Gasteiger partial charge >= 0.3 is 0 Å². The Labute approximate surface area is 57.0 Å². The minimum absolute atomic E-state index is 0.766. The molecule has 9 heavy (non-hydrogen) atoms. The molecular weight excluding hydrogens is 112 g/mol. The molecule has 1 fully saturated rings. The van der Waals surface area contributed by atoms with Crippen LogP contribution in [-0.4, -0.2) is 26.2 Å². The largest absolute Gasteiger partial charge is 0.317 e. The number of nitrogens with one attached hydrogen (secondary N) is 2. The van der Waals surface area contributed by atoms with E-state index in [1.807, 2.05) is 14.1 Å². The topological polar surface area (TPSA) is 24.1 Å². The molecule has 2 N–H and O–H groups in total. The molecule has 0 aromatic heterocycles. The van der Waals surface area contributed by atoms with E-state index in [0.29, 0.717) is 0 Å². The zero-order chi connectivity index (χ0) is 6.69. The minimum atomic E-state index is 0.766. The van der Waals surface area contributed by atoms with Crippen LogP contribution >= 0.6 is 0 Å². The van der Waals surface area contributed by atoms with Crippen molar-refractivity contribution in [2.24, 2.45) is 0 Å². The second-order valence-electron chi connectivity index (χ2n) is 2.78. The van der Waals surface area contributed by atoms with E-state index in [-0.39, 0.29) is 0 Å². The van der Waals surface area contributed by atoms with Crippen molar-refractivity contribution in [1.29, 1.82) is 0 Å². The Morgan fingerprint density at radius 3 is 1.67 bits per heavy atom. The molecule has 0 aromatic rings. The van der Waals surface area contributed by atoms with Crippen LogP contribution in [0.2, 0.25) is 0 Å². The van der Waals surface area contributed by atoms with Crippen molar-refractivity contribution in [3.8, 4) is 0 Å². The molecule has 0 bridgehead atoms. The van der Waals surface area contributed by atoms with Crippen LogP contribution < -0.4 is 10.6 Å². The molecule has 0 saturated heterocycles. The highest BCUT2D eigenvalue weighted by molar-refractivity contribution is 4.82. The van der Waals surface area contributed by atoms with Gasteiger partial charge in [0.05, 0.1) is 0 Å². The van der Waals surface area contributed by atoms with E-state index in [1.165, 1.54) is 19.3 Å². The monoisotopic (exact) mass is 128 g/mol. The van der Waals surface area contributed by atoms with Gasteiger partial charge in [-0.2, -0.15) is 0 Å². The fraction of sp³-hybridized carbons (Fsp3) is 1.00. The van der Waals surface area contributed by atoms with Crippen LogP contribution in [0.3, 0.4) is 0 Å². The number of hydrogen-bond acceptors (Lipinski definition) is 2. The summed E-state index contributed by atoms with van der Waals surface area (Å²) >= 11 is 0. The van der Waals surface area contributed by atoms with E-state index in [0.717, 1.165) is 12.1 Å². The number of rotatable bonds is 2. The third-order valence-corrected chi connectivity index (χ3v) is 2.25. The average Bonchev–Trinajstić information content (AvgIpc) is 2.34. The van der Waals surface area contributed by atoms with E-state index in [1.54, 1.807) is 0 Å². The van der Waals surface area contributed by atoms with Gasteiger partial charge in [-0.05, 0) is 33.4 Å². The molecule has 0 unspecified atom stereocenters. The summed E-state index contributed by atoms with van der Waals surface area (Å²) < 4.78 is 0. The second-order valence-corrected chi connectivity index (χ2v) is 2.78. The van der Waals surface area contributed by atoms with Crippen molar-refractivity contribution in [2.75, 3.05) is 14.1 Å². The highest BCUT2D eigenvalue weighted by Crippen LogP contribution is 2.17. The van der Waals surface area contributed by atoms with Crippen LogP contribution in [0.25, 0.3) is 0 Å². The van der Waals surface area contributed by atoms with Gasteiger partial charge in [0.25, 0.3) is 0 Å². The van der Waals surface area contributed by atoms with Gasteiger partial charge < -0.3 is 10.6 Å². The van der Waals surface area contributed by atoms with Gasteiger partial charge in [0.15, 0.2) is 0 Å². The fourth-order valence-electron chi connectivity index (χ4n) is 1.51. The van der Waals surface area contributed by atoms with Crippen molar-refractivity contribution in [3.05, 3.63) is 0 Å². The van der Waals surface area contributed by atoms with Gasteiger partial charge in [0, 0.05) is 12.1 Å². The van der Waals surface area contributed by atoms with Crippen molar-refractivity contribution >= 4 is 0 Å². The Bertz CT molecular complexity index is 73.0. The third-order valence-electron chi connectivity index (χ3n) is 2.25. The molecule has 0 aromatic carbocycles. The summed E-state index contributed by atoms with van der Waals surface area (Å²) in [5.74, 6) is 0. The third kappa shape index (κ3) is 1.66. The maximum absolute atomic E-state index is 3.29. The molecule has 0 radical (unpaired) electrons. The first-order chi connectivity index (χ1) is 4.36. The molecule has 2 atom stereocenters. The first-order valence-corrected chi connectivity index (χ1v) is 3.71. The lowest BCUT2D eigenvalue weighted by Crippen LogP contribution is -2.26. The summed E-state index contributed by atoms with van der Waals surface area (Å²) in [6.45, 7) is 0. The van der Waals surface area contributed by atoms with E-state index < -0.39 is 0 Å². The zero-order valence-corrected chi connectivity index (χ0v) is 6.28. The van der Waals surface area contributed by atoms with E-state index in [9.17, 15) is 0 Å². The summed E-state index contributed by atoms with van der Waals surface area (Å²) in [5.41, 5.74) is 0. The SMILES string of the molecule is CN[C@@H]1CC[C@H](NC)C1. The fourth-order valence-corrected chi connectivity index (χ4v) is 1.51. The molecule has 54 valence electrons. The van der Waals surface area contributed by atoms with E-state index >= 15 is 0 Å². The Morgan fingerprint density at radius 2 is 1.44 bits per heavy atom. The summed E-state index contributed by atoms with van der Waals surface area (Å²) in [4.78, 5) is 0. The highest BCUT2D eigenvalue weighted by atomic mass is 14.9. The van der Waals surface area contributed by atoms with Crippen molar-refractivity contribution in [3.63, 3.8) is 0 Å². The Hall–Kier alpha value is -0.0800. The van der Waals surface area contributed by atoms with Crippen LogP contribution in [0.15, 0.2) is 0 Å². The predicted molar refractivity (Wildman–Crippen MR) is 39.5 cm³/mol. The molecular formula is C7H16N2. The Balaban J connectivity index is 2.20. The maximum atomic E-state index is 3.29. The van der Waals surface area contributed by atoms with Crippen LogP contribution in [0.5, 0.6) is 0 Å². The Kier molecular flexibility index (Phi) is 2.49. The molecule has 2 nitrogen and oxygen atoms in total. The van der Waals surface area contributed by atoms with Crippen LogP contribution in [0, 0.1) is 0 Å². The smallest absolute Gasteiger partial charge is 0.00794 e. The zero-order valence-electron chi connectivity index (χ0n) is 6.28. The first-order valence-electron chi connectivity index (χ1n) is 3.71. The quantitative estimate of drug-likeness (QED) is 0.560. The molecule has 0 aliphatic heterocycles. The Morgan fingerprint density at radius 1 is 1.00 bits per heavy atom. The molecule has 2 heteroatoms. The van der Waals surface area contributed by atoms with Crippen LogP contribution in [-0.2, 0) is 0 Å². The van der Waals surface area contributed by atoms with Gasteiger partial charge in [-0.25, -0.2) is 0 Å². The second kappa shape index (κ2) is 3.18. The summed E-state index contributed by atoms with van der Waals surface area (Å²) in [6.07, 6.45) is 3.97. The van der Waals surface area contributed by atoms with Gasteiger partial charge in [-0.15, -0.1) is 0 Å². The lowest BCUT2D eigenvalue weighted by atomic mass is 10.2. The van der Waals surface area contributed by atoms with Gasteiger partial charge in [-0.3, -0.25) is 0 Å². The van der Waals surface area contributed by atoms with Crippen molar-refractivity contribution < 1.29 is 0 Å². The van der Waals surface area contributed by atoms with E-state index in [2.05, 4.69) is 10.6 Å². The van der Waals surface area contributed by atoms with Crippen molar-refractivity contribution in [2.45, 2.75) is 31.3 Å².